The Morgan fingerprint density at radius 2 is 1.92 bits per heavy atom. The van der Waals surface area contributed by atoms with Crippen molar-refractivity contribution in [3.8, 4) is 0 Å². The van der Waals surface area contributed by atoms with E-state index in [9.17, 15) is 9.59 Å². The quantitative estimate of drug-likeness (QED) is 0.698. The predicted octanol–water partition coefficient (Wildman–Crippen LogP) is 5.17. The van der Waals surface area contributed by atoms with Crippen LogP contribution in [0.25, 0.3) is 6.08 Å². The minimum absolute atomic E-state index is 0.158. The lowest BCUT2D eigenvalue weighted by atomic mass is 10.1. The molecule has 2 aromatic rings. The number of nitrogens with one attached hydrogen (secondary N) is 1. The number of imide groups is 1. The molecular formula is C19H17BrN2O2S. The van der Waals surface area contributed by atoms with Crippen molar-refractivity contribution in [2.24, 2.45) is 0 Å². The highest BCUT2D eigenvalue weighted by Crippen LogP contribution is 2.32. The minimum Gasteiger partial charge on any atom is -0.367 e. The van der Waals surface area contributed by atoms with Gasteiger partial charge in [-0.25, -0.2) is 0 Å². The number of hydrogen-bond donors (Lipinski definition) is 1. The second-order valence-electron chi connectivity index (χ2n) is 5.75. The zero-order valence-corrected chi connectivity index (χ0v) is 16.3. The van der Waals surface area contributed by atoms with Gasteiger partial charge in [0.25, 0.3) is 11.1 Å². The second kappa shape index (κ2) is 7.45. The molecule has 4 nitrogen and oxygen atoms in total. The molecule has 1 heterocycles. The average Bonchev–Trinajstić information content (AvgIpc) is 2.83. The Kier molecular flexibility index (Phi) is 5.30. The van der Waals surface area contributed by atoms with E-state index in [1.807, 2.05) is 56.3 Å². The van der Waals surface area contributed by atoms with Gasteiger partial charge >= 0.3 is 0 Å². The SMILES string of the molecule is Cc1cccc(NCN2C(=O)S/C(=C/c3cccc(Br)c3)C2=O)c1C. The number of rotatable bonds is 4. The van der Waals surface area contributed by atoms with Gasteiger partial charge in [0, 0.05) is 10.2 Å². The number of nitrogens with zero attached hydrogens (tertiary/aromatic N) is 1. The Bertz CT molecular complexity index is 879. The summed E-state index contributed by atoms with van der Waals surface area (Å²) < 4.78 is 0.928. The highest BCUT2D eigenvalue weighted by atomic mass is 79.9. The molecule has 3 rings (SSSR count). The van der Waals surface area contributed by atoms with Gasteiger partial charge in [-0.1, -0.05) is 40.2 Å². The fraction of sp³-hybridized carbons (Fsp3) is 0.158. The predicted molar refractivity (Wildman–Crippen MR) is 106 cm³/mol. The lowest BCUT2D eigenvalue weighted by molar-refractivity contribution is -0.122. The maximum Gasteiger partial charge on any atom is 0.295 e. The van der Waals surface area contributed by atoms with E-state index in [1.54, 1.807) is 6.08 Å². The van der Waals surface area contributed by atoms with Crippen molar-refractivity contribution >= 4 is 50.6 Å². The van der Waals surface area contributed by atoms with Gasteiger partial charge in [0.05, 0.1) is 11.6 Å². The fourth-order valence-corrected chi connectivity index (χ4v) is 3.75. The third-order valence-corrected chi connectivity index (χ3v) is 5.45. The Hall–Kier alpha value is -2.05. The Morgan fingerprint density at radius 3 is 2.68 bits per heavy atom. The molecule has 0 radical (unpaired) electrons. The first-order valence-corrected chi connectivity index (χ1v) is 9.37. The van der Waals surface area contributed by atoms with E-state index in [2.05, 4.69) is 21.2 Å². The van der Waals surface area contributed by atoms with E-state index in [0.717, 1.165) is 38.6 Å². The highest BCUT2D eigenvalue weighted by molar-refractivity contribution is 9.10. The van der Waals surface area contributed by atoms with E-state index < -0.39 is 0 Å². The van der Waals surface area contributed by atoms with Crippen molar-refractivity contribution in [3.63, 3.8) is 0 Å². The van der Waals surface area contributed by atoms with Gasteiger partial charge in [0.1, 0.15) is 0 Å². The van der Waals surface area contributed by atoms with Crippen molar-refractivity contribution in [1.29, 1.82) is 0 Å². The van der Waals surface area contributed by atoms with Gasteiger partial charge in [-0.05, 0) is 66.6 Å². The van der Waals surface area contributed by atoms with Crippen molar-refractivity contribution in [2.45, 2.75) is 13.8 Å². The van der Waals surface area contributed by atoms with Gasteiger partial charge < -0.3 is 5.32 Å². The summed E-state index contributed by atoms with van der Waals surface area (Å²) in [7, 11) is 0. The van der Waals surface area contributed by atoms with Crippen LogP contribution in [-0.4, -0.2) is 22.7 Å². The number of amides is 2. The molecule has 1 aliphatic rings. The first-order valence-electron chi connectivity index (χ1n) is 7.77. The van der Waals surface area contributed by atoms with E-state index in [4.69, 9.17) is 0 Å². The van der Waals surface area contributed by atoms with Crippen LogP contribution in [0.3, 0.4) is 0 Å². The lowest BCUT2D eigenvalue weighted by Gasteiger charge is -2.16. The highest BCUT2D eigenvalue weighted by Gasteiger charge is 2.34. The minimum atomic E-state index is -0.271. The molecule has 1 fully saturated rings. The normalized spacial score (nSPS) is 16.0. The first kappa shape index (κ1) is 17.8. The molecule has 0 aliphatic carbocycles. The maximum atomic E-state index is 12.5. The standard InChI is InChI=1S/C19H17BrN2O2S/c1-12-5-3-8-16(13(12)2)21-11-22-18(23)17(25-19(22)24)10-14-6-4-7-15(20)9-14/h3-10,21H,11H2,1-2H3/b17-10+. The van der Waals surface area contributed by atoms with Gasteiger partial charge in [0.15, 0.2) is 0 Å². The number of aryl methyl sites for hydroxylation is 1. The van der Waals surface area contributed by atoms with Crippen molar-refractivity contribution in [3.05, 3.63) is 68.5 Å². The number of halogens is 1. The van der Waals surface area contributed by atoms with Crippen LogP contribution in [0.2, 0.25) is 0 Å². The van der Waals surface area contributed by atoms with Crippen LogP contribution in [0, 0.1) is 13.8 Å². The summed E-state index contributed by atoms with van der Waals surface area (Å²) in [5, 5.41) is 2.93. The van der Waals surface area contributed by atoms with Gasteiger partial charge in [-0.3, -0.25) is 14.5 Å². The van der Waals surface area contributed by atoms with Crippen LogP contribution in [-0.2, 0) is 4.79 Å². The fourth-order valence-electron chi connectivity index (χ4n) is 2.49. The molecule has 0 bridgehead atoms. The Balaban J connectivity index is 1.74. The van der Waals surface area contributed by atoms with Gasteiger partial charge in [0.2, 0.25) is 0 Å². The number of thioether (sulfide) groups is 1. The molecular weight excluding hydrogens is 400 g/mol. The molecule has 0 saturated carbocycles. The summed E-state index contributed by atoms with van der Waals surface area (Å²) >= 11 is 4.37. The average molecular weight is 417 g/mol. The molecule has 0 atom stereocenters. The van der Waals surface area contributed by atoms with E-state index in [-0.39, 0.29) is 17.8 Å². The molecule has 25 heavy (non-hydrogen) atoms. The Labute approximate surface area is 159 Å². The van der Waals surface area contributed by atoms with Crippen LogP contribution in [0.5, 0.6) is 0 Å². The molecule has 128 valence electrons. The smallest absolute Gasteiger partial charge is 0.295 e. The summed E-state index contributed by atoms with van der Waals surface area (Å²) in [4.78, 5) is 26.4. The summed E-state index contributed by atoms with van der Waals surface area (Å²) in [6.07, 6.45) is 1.74. The van der Waals surface area contributed by atoms with E-state index in [0.29, 0.717) is 4.91 Å². The number of carbonyl (C=O) groups is 2. The van der Waals surface area contributed by atoms with E-state index >= 15 is 0 Å². The topological polar surface area (TPSA) is 49.4 Å². The number of hydrogen-bond acceptors (Lipinski definition) is 4. The van der Waals surface area contributed by atoms with Gasteiger partial charge in [-0.15, -0.1) is 0 Å². The third kappa shape index (κ3) is 3.96. The second-order valence-corrected chi connectivity index (χ2v) is 7.66. The summed E-state index contributed by atoms with van der Waals surface area (Å²) in [6.45, 7) is 4.20. The largest absolute Gasteiger partial charge is 0.367 e. The summed E-state index contributed by atoms with van der Waals surface area (Å²) in [6, 6.07) is 13.5. The zero-order chi connectivity index (χ0) is 18.0. The maximum absolute atomic E-state index is 12.5. The molecule has 1 aliphatic heterocycles. The molecule has 0 unspecified atom stereocenters. The summed E-state index contributed by atoms with van der Waals surface area (Å²) in [5.74, 6) is -0.271. The molecule has 2 aromatic carbocycles. The number of benzene rings is 2. The molecule has 1 N–H and O–H groups in total. The lowest BCUT2D eigenvalue weighted by Crippen LogP contribution is -2.33. The van der Waals surface area contributed by atoms with E-state index in [1.165, 1.54) is 4.90 Å². The van der Waals surface area contributed by atoms with Crippen LogP contribution < -0.4 is 5.32 Å². The van der Waals surface area contributed by atoms with Crippen LogP contribution in [0.4, 0.5) is 10.5 Å². The molecule has 0 spiro atoms. The van der Waals surface area contributed by atoms with Crippen LogP contribution >= 0.6 is 27.7 Å². The number of carbonyl (C=O) groups excluding carboxylic acids is 2. The monoisotopic (exact) mass is 416 g/mol. The Morgan fingerprint density at radius 1 is 1.16 bits per heavy atom. The first-order chi connectivity index (χ1) is 12.0. The van der Waals surface area contributed by atoms with Crippen molar-refractivity contribution in [2.75, 3.05) is 12.0 Å². The zero-order valence-electron chi connectivity index (χ0n) is 13.9. The summed E-state index contributed by atoms with van der Waals surface area (Å²) in [5.41, 5.74) is 4.07. The molecule has 1 saturated heterocycles. The van der Waals surface area contributed by atoms with Gasteiger partial charge in [-0.2, -0.15) is 0 Å². The molecule has 6 heteroatoms. The molecule has 2 amide bonds. The number of anilines is 1. The molecule has 0 aromatic heterocycles. The van der Waals surface area contributed by atoms with Crippen LogP contribution in [0.15, 0.2) is 51.8 Å². The van der Waals surface area contributed by atoms with Crippen molar-refractivity contribution < 1.29 is 9.59 Å². The van der Waals surface area contributed by atoms with Crippen LogP contribution in [0.1, 0.15) is 16.7 Å². The van der Waals surface area contributed by atoms with Crippen molar-refractivity contribution in [1.82, 2.24) is 4.90 Å². The third-order valence-electron chi connectivity index (χ3n) is 4.05.